The number of carbonyl (C=O) groups excluding carboxylic acids is 1. The Labute approximate surface area is 370 Å². The van der Waals surface area contributed by atoms with Crippen LogP contribution in [0.2, 0.25) is 0 Å². The first-order chi connectivity index (χ1) is 28.8. The van der Waals surface area contributed by atoms with E-state index < -0.39 is 5.97 Å². The van der Waals surface area contributed by atoms with Crippen molar-refractivity contribution in [3.8, 4) is 0 Å². The summed E-state index contributed by atoms with van der Waals surface area (Å²) in [4.78, 5) is 22.8. The molecule has 0 aromatic carbocycles. The first kappa shape index (κ1) is 47.7. The van der Waals surface area contributed by atoms with E-state index in [1.807, 2.05) is 0 Å². The summed E-state index contributed by atoms with van der Waals surface area (Å²) in [5.41, 5.74) is 1.01. The van der Waals surface area contributed by atoms with Crippen molar-refractivity contribution in [2.75, 3.05) is 7.11 Å². The number of carboxylic acids is 1. The fraction of sp³-hybridized carbons (Fsp3) is 0.962. The SMILES string of the molecule is CC[C@H]1[C@@H](O)C2C3CC[C@H]([C@H](C)CCC(=O)O)[C@@]3(C)CCC2[C@@]2(C)CC[C@@H](O)C[C@@H]12.CC[C@H]1[C@@H](O)C2C3CC[C@H]([C@H](C)CCC(=O)OC)[C@@]3(C)CCC2[C@@]2(C)CC[C@@H](O)C[C@@H]12. The van der Waals surface area contributed by atoms with Gasteiger partial charge in [-0.15, -0.1) is 0 Å². The van der Waals surface area contributed by atoms with Gasteiger partial charge in [0.1, 0.15) is 0 Å². The number of aliphatic hydroxyl groups is 4. The van der Waals surface area contributed by atoms with Gasteiger partial charge in [-0.05, 0) is 207 Å². The Hall–Kier alpha value is -1.22. The molecule has 0 aliphatic heterocycles. The van der Waals surface area contributed by atoms with E-state index in [0.29, 0.717) is 89.3 Å². The lowest BCUT2D eigenvalue weighted by molar-refractivity contribution is -0.203. The average molecular weight is 855 g/mol. The Kier molecular flexibility index (Phi) is 14.3. The quantitative estimate of drug-likeness (QED) is 0.137. The molecule has 8 aliphatic rings. The number of aliphatic hydroxyl groups excluding tert-OH is 4. The Bertz CT molecular complexity index is 1530. The minimum Gasteiger partial charge on any atom is -0.481 e. The molecule has 0 heterocycles. The Morgan fingerprint density at radius 3 is 1.31 bits per heavy atom. The van der Waals surface area contributed by atoms with E-state index in [1.54, 1.807) is 0 Å². The van der Waals surface area contributed by atoms with Crippen LogP contribution in [0.1, 0.15) is 184 Å². The van der Waals surface area contributed by atoms with Crippen LogP contribution < -0.4 is 0 Å². The number of methoxy groups -OCH3 is 1. The predicted octanol–water partition coefficient (Wildman–Crippen LogP) is 10.3. The molecule has 22 atom stereocenters. The third-order valence-corrected chi connectivity index (χ3v) is 22.1. The van der Waals surface area contributed by atoms with Gasteiger partial charge in [-0.2, -0.15) is 0 Å². The summed E-state index contributed by atoms with van der Waals surface area (Å²) in [6, 6.07) is 0. The number of carboxylic acid groups (broad SMARTS) is 1. The molecule has 0 bridgehead atoms. The van der Waals surface area contributed by atoms with Gasteiger partial charge < -0.3 is 30.3 Å². The molecule has 0 amide bonds. The third-order valence-electron chi connectivity index (χ3n) is 22.1. The molecule has 0 radical (unpaired) electrons. The van der Waals surface area contributed by atoms with Crippen molar-refractivity contribution >= 4 is 11.9 Å². The highest BCUT2D eigenvalue weighted by molar-refractivity contribution is 5.69. The topological polar surface area (TPSA) is 145 Å². The summed E-state index contributed by atoms with van der Waals surface area (Å²) >= 11 is 0. The van der Waals surface area contributed by atoms with E-state index in [-0.39, 0.29) is 58.5 Å². The van der Waals surface area contributed by atoms with Crippen LogP contribution in [-0.2, 0) is 14.3 Å². The van der Waals surface area contributed by atoms with Gasteiger partial charge in [0.2, 0.25) is 0 Å². The van der Waals surface area contributed by atoms with Crippen LogP contribution in [0.5, 0.6) is 0 Å². The zero-order valence-electron chi connectivity index (χ0n) is 40.0. The molecule has 8 rings (SSSR count). The van der Waals surface area contributed by atoms with Crippen LogP contribution in [0, 0.1) is 105 Å². The molecule has 8 heteroatoms. The number of ether oxygens (including phenoxy) is 1. The maximum absolute atomic E-state index is 11.8. The van der Waals surface area contributed by atoms with E-state index in [0.717, 1.165) is 64.2 Å². The zero-order chi connectivity index (χ0) is 44.4. The van der Waals surface area contributed by atoms with Crippen LogP contribution in [0.4, 0.5) is 0 Å². The number of carbonyl (C=O) groups is 2. The molecule has 8 saturated carbocycles. The van der Waals surface area contributed by atoms with Crippen LogP contribution in [0.25, 0.3) is 0 Å². The second-order valence-corrected chi connectivity index (χ2v) is 24.2. The Morgan fingerprint density at radius 2 is 0.934 bits per heavy atom. The summed E-state index contributed by atoms with van der Waals surface area (Å²) < 4.78 is 4.88. The summed E-state index contributed by atoms with van der Waals surface area (Å²) in [7, 11) is 1.48. The lowest BCUT2D eigenvalue weighted by Gasteiger charge is -2.64. The van der Waals surface area contributed by atoms with Crippen molar-refractivity contribution in [2.24, 2.45) is 105 Å². The molecule has 8 nitrogen and oxygen atoms in total. The number of aliphatic carboxylic acids is 1. The van der Waals surface area contributed by atoms with E-state index in [4.69, 9.17) is 9.84 Å². The monoisotopic (exact) mass is 855 g/mol. The molecular weight excluding hydrogens is 765 g/mol. The van der Waals surface area contributed by atoms with Crippen LogP contribution in [-0.4, -0.2) is 69.0 Å². The van der Waals surface area contributed by atoms with E-state index >= 15 is 0 Å². The lowest BCUT2D eigenvalue weighted by atomic mass is 9.41. The molecule has 8 aliphatic carbocycles. The van der Waals surface area contributed by atoms with Crippen LogP contribution in [0.3, 0.4) is 0 Å². The minimum atomic E-state index is -0.683. The number of fused-ring (bicyclic) bond motifs is 10. The zero-order valence-corrected chi connectivity index (χ0v) is 40.0. The molecule has 350 valence electrons. The number of rotatable bonds is 10. The fourth-order valence-corrected chi connectivity index (χ4v) is 19.1. The first-order valence-corrected chi connectivity index (χ1v) is 25.8. The smallest absolute Gasteiger partial charge is 0.305 e. The second kappa shape index (κ2) is 18.2. The fourth-order valence-electron chi connectivity index (χ4n) is 19.1. The number of esters is 1. The summed E-state index contributed by atoms with van der Waals surface area (Å²) in [6.07, 6.45) is 19.1. The first-order valence-electron chi connectivity index (χ1n) is 25.8. The van der Waals surface area contributed by atoms with Gasteiger partial charge in [0.25, 0.3) is 0 Å². The molecule has 0 aromatic rings. The van der Waals surface area contributed by atoms with Crippen molar-refractivity contribution in [3.05, 3.63) is 0 Å². The highest BCUT2D eigenvalue weighted by atomic mass is 16.5. The number of hydrogen-bond acceptors (Lipinski definition) is 7. The maximum atomic E-state index is 11.8. The second-order valence-electron chi connectivity index (χ2n) is 24.2. The van der Waals surface area contributed by atoms with E-state index in [1.165, 1.54) is 58.5 Å². The van der Waals surface area contributed by atoms with Crippen molar-refractivity contribution in [2.45, 2.75) is 208 Å². The molecule has 0 saturated heterocycles. The Balaban J connectivity index is 0.000000184. The largest absolute Gasteiger partial charge is 0.481 e. The molecule has 61 heavy (non-hydrogen) atoms. The molecule has 5 N–H and O–H groups in total. The van der Waals surface area contributed by atoms with Gasteiger partial charge in [-0.1, -0.05) is 68.2 Å². The van der Waals surface area contributed by atoms with Crippen LogP contribution >= 0.6 is 0 Å². The van der Waals surface area contributed by atoms with Gasteiger partial charge in [0.15, 0.2) is 0 Å². The van der Waals surface area contributed by atoms with E-state index in [2.05, 4.69) is 55.4 Å². The normalized spacial score (nSPS) is 50.8. The standard InChI is InChI=1S/C27H46O4.C26H44O4/c1-6-18-22-15-17(28)11-13-27(22,4)21-12-14-26(3)19(16(2)7-10-23(29)31-5)8-9-20(26)24(21)25(18)30;1-5-17-21-14-16(27)10-12-26(21,4)20-11-13-25(3)18(15(2)6-9-22(28)29)7-8-19(25)23(20)24(17)30/h16-22,24-25,28,30H,6-15H2,1-5H3;15-21,23-24,27,30H,5-14H2,1-4H3,(H,28,29)/t16-,17-,18-,19-,20?,21?,22+,24?,25-,26-,27-;15-,16-,17-,18-,19?,20?,21+,23?,24-,25-,26-/m11/s1. The highest BCUT2D eigenvalue weighted by Gasteiger charge is 2.66. The van der Waals surface area contributed by atoms with Crippen molar-refractivity contribution in [1.82, 2.24) is 0 Å². The number of hydrogen-bond donors (Lipinski definition) is 5. The molecular formula is C53H90O8. The lowest BCUT2D eigenvalue weighted by Crippen LogP contribution is -2.62. The van der Waals surface area contributed by atoms with Crippen LogP contribution in [0.15, 0.2) is 0 Å². The minimum absolute atomic E-state index is 0.0952. The third kappa shape index (κ3) is 8.12. The van der Waals surface area contributed by atoms with Crippen molar-refractivity contribution < 1.29 is 39.9 Å². The van der Waals surface area contributed by atoms with Crippen molar-refractivity contribution in [3.63, 3.8) is 0 Å². The Morgan fingerprint density at radius 1 is 0.557 bits per heavy atom. The highest BCUT2D eigenvalue weighted by Crippen LogP contribution is 2.71. The summed E-state index contributed by atoms with van der Waals surface area (Å²) in [5, 5.41) is 53.5. The van der Waals surface area contributed by atoms with Gasteiger partial charge in [0, 0.05) is 12.8 Å². The molecule has 0 spiro atoms. The maximum Gasteiger partial charge on any atom is 0.305 e. The summed E-state index contributed by atoms with van der Waals surface area (Å²) in [5.74, 6) is 5.98. The molecule has 8 fully saturated rings. The average Bonchev–Trinajstić information content (AvgIpc) is 3.77. The predicted molar refractivity (Wildman–Crippen MR) is 240 cm³/mol. The van der Waals surface area contributed by atoms with Gasteiger partial charge in [0.05, 0.1) is 31.5 Å². The molecule has 6 unspecified atom stereocenters. The van der Waals surface area contributed by atoms with Gasteiger partial charge >= 0.3 is 11.9 Å². The van der Waals surface area contributed by atoms with E-state index in [9.17, 15) is 30.0 Å². The van der Waals surface area contributed by atoms with Crippen molar-refractivity contribution in [1.29, 1.82) is 0 Å². The molecule has 0 aromatic heterocycles. The summed E-state index contributed by atoms with van der Waals surface area (Å²) in [6.45, 7) is 19.0. The van der Waals surface area contributed by atoms with Gasteiger partial charge in [-0.25, -0.2) is 0 Å². The van der Waals surface area contributed by atoms with Gasteiger partial charge in [-0.3, -0.25) is 9.59 Å².